The van der Waals surface area contributed by atoms with Crippen LogP contribution in [-0.2, 0) is 6.54 Å². The Balaban J connectivity index is 1.70. The Kier molecular flexibility index (Phi) is 4.30. The highest BCUT2D eigenvalue weighted by atomic mass is 35.5. The van der Waals surface area contributed by atoms with Crippen LogP contribution in [0, 0.1) is 0 Å². The van der Waals surface area contributed by atoms with Crippen LogP contribution in [0.15, 0.2) is 42.6 Å². The summed E-state index contributed by atoms with van der Waals surface area (Å²) in [6.45, 7) is 0.678. The third kappa shape index (κ3) is 3.48. The number of hydrogen-bond acceptors (Lipinski definition) is 1. The molecule has 0 atom stereocenters. The average Bonchev–Trinajstić information content (AvgIpc) is 3.13. The fourth-order valence-electron chi connectivity index (χ4n) is 2.87. The van der Waals surface area contributed by atoms with Gasteiger partial charge in [0.2, 0.25) is 0 Å². The zero-order valence-electron chi connectivity index (χ0n) is 11.9. The number of halogens is 1. The van der Waals surface area contributed by atoms with Gasteiger partial charge in [-0.05, 0) is 42.7 Å². The third-order valence-corrected chi connectivity index (χ3v) is 4.27. The van der Waals surface area contributed by atoms with E-state index >= 15 is 0 Å². The Labute approximate surface area is 129 Å². The molecule has 0 radical (unpaired) electrons. The number of aromatic nitrogens is 1. The molecule has 110 valence electrons. The van der Waals surface area contributed by atoms with E-state index in [1.807, 2.05) is 47.2 Å². The molecule has 1 amide bonds. The monoisotopic (exact) mass is 302 g/mol. The van der Waals surface area contributed by atoms with Gasteiger partial charge in [-0.1, -0.05) is 36.6 Å². The fourth-order valence-corrected chi connectivity index (χ4v) is 3.00. The molecule has 0 spiro atoms. The third-order valence-electron chi connectivity index (χ3n) is 4.02. The summed E-state index contributed by atoms with van der Waals surface area (Å²) in [6.07, 6.45) is 6.58. The molecule has 1 aromatic carbocycles. The van der Waals surface area contributed by atoms with Crippen LogP contribution >= 0.6 is 11.6 Å². The van der Waals surface area contributed by atoms with Crippen LogP contribution in [0.1, 0.15) is 41.7 Å². The molecule has 0 saturated heterocycles. The van der Waals surface area contributed by atoms with Crippen LogP contribution in [-0.4, -0.2) is 16.5 Å². The van der Waals surface area contributed by atoms with Gasteiger partial charge in [0.15, 0.2) is 0 Å². The number of rotatable bonds is 4. The summed E-state index contributed by atoms with van der Waals surface area (Å²) >= 11 is 5.90. The fraction of sp³-hybridized carbons (Fsp3) is 0.353. The van der Waals surface area contributed by atoms with E-state index in [-0.39, 0.29) is 5.91 Å². The van der Waals surface area contributed by atoms with Crippen molar-refractivity contribution in [2.24, 2.45) is 0 Å². The molecule has 1 aliphatic rings. The van der Waals surface area contributed by atoms with Gasteiger partial charge in [0.1, 0.15) is 5.69 Å². The molecule has 0 unspecified atom stereocenters. The summed E-state index contributed by atoms with van der Waals surface area (Å²) in [5.41, 5.74) is 1.85. The Morgan fingerprint density at radius 2 is 1.90 bits per heavy atom. The average molecular weight is 303 g/mol. The minimum atomic E-state index is 0.0286. The van der Waals surface area contributed by atoms with Crippen molar-refractivity contribution in [3.63, 3.8) is 0 Å². The highest BCUT2D eigenvalue weighted by Gasteiger charge is 2.19. The zero-order chi connectivity index (χ0) is 14.7. The molecule has 3 nitrogen and oxygen atoms in total. The summed E-state index contributed by atoms with van der Waals surface area (Å²) in [6, 6.07) is 11.9. The molecule has 21 heavy (non-hydrogen) atoms. The normalized spacial score (nSPS) is 15.3. The molecule has 2 aromatic rings. The van der Waals surface area contributed by atoms with Crippen LogP contribution in [0.5, 0.6) is 0 Å². The second kappa shape index (κ2) is 6.35. The maximum absolute atomic E-state index is 12.4. The van der Waals surface area contributed by atoms with Crippen molar-refractivity contribution in [1.29, 1.82) is 0 Å². The van der Waals surface area contributed by atoms with E-state index in [0.29, 0.717) is 12.6 Å². The van der Waals surface area contributed by atoms with Crippen LogP contribution < -0.4 is 5.32 Å². The number of nitrogens with one attached hydrogen (secondary N) is 1. The first-order valence-electron chi connectivity index (χ1n) is 7.43. The molecule has 1 fully saturated rings. The topological polar surface area (TPSA) is 34.0 Å². The Morgan fingerprint density at radius 1 is 1.19 bits per heavy atom. The maximum Gasteiger partial charge on any atom is 0.268 e. The van der Waals surface area contributed by atoms with Gasteiger partial charge in [0.05, 0.1) is 0 Å². The molecule has 0 aliphatic heterocycles. The number of nitrogens with zero attached hydrogens (tertiary/aromatic N) is 1. The van der Waals surface area contributed by atoms with E-state index in [2.05, 4.69) is 5.32 Å². The molecule has 1 saturated carbocycles. The van der Waals surface area contributed by atoms with Crippen molar-refractivity contribution in [2.45, 2.75) is 38.3 Å². The second-order valence-electron chi connectivity index (χ2n) is 5.60. The summed E-state index contributed by atoms with van der Waals surface area (Å²) in [7, 11) is 0. The van der Waals surface area contributed by atoms with Crippen LogP contribution in [0.4, 0.5) is 0 Å². The first-order valence-corrected chi connectivity index (χ1v) is 7.80. The summed E-state index contributed by atoms with van der Waals surface area (Å²) < 4.78 is 1.98. The number of benzene rings is 1. The highest BCUT2D eigenvalue weighted by molar-refractivity contribution is 6.30. The van der Waals surface area contributed by atoms with Crippen LogP contribution in [0.25, 0.3) is 0 Å². The lowest BCUT2D eigenvalue weighted by atomic mass is 10.2. The predicted molar refractivity (Wildman–Crippen MR) is 84.7 cm³/mol. The Hall–Kier alpha value is -1.74. The Morgan fingerprint density at radius 3 is 2.62 bits per heavy atom. The lowest BCUT2D eigenvalue weighted by molar-refractivity contribution is 0.0929. The highest BCUT2D eigenvalue weighted by Crippen LogP contribution is 2.18. The van der Waals surface area contributed by atoms with E-state index in [0.717, 1.165) is 29.1 Å². The predicted octanol–water partition coefficient (Wildman–Crippen LogP) is 3.86. The van der Waals surface area contributed by atoms with Crippen molar-refractivity contribution >= 4 is 17.5 Å². The first kappa shape index (κ1) is 14.2. The van der Waals surface area contributed by atoms with Crippen LogP contribution in [0.3, 0.4) is 0 Å². The van der Waals surface area contributed by atoms with Gasteiger partial charge in [-0.2, -0.15) is 0 Å². The van der Waals surface area contributed by atoms with Crippen molar-refractivity contribution in [3.05, 3.63) is 58.9 Å². The van der Waals surface area contributed by atoms with Crippen molar-refractivity contribution in [3.8, 4) is 0 Å². The molecular formula is C17H19ClN2O. The molecule has 4 heteroatoms. The molecule has 3 rings (SSSR count). The number of carbonyl (C=O) groups is 1. The van der Waals surface area contributed by atoms with Crippen molar-refractivity contribution < 1.29 is 4.79 Å². The van der Waals surface area contributed by atoms with E-state index in [4.69, 9.17) is 11.6 Å². The smallest absolute Gasteiger partial charge is 0.268 e. The van der Waals surface area contributed by atoms with Gasteiger partial charge < -0.3 is 9.88 Å². The largest absolute Gasteiger partial charge is 0.348 e. The van der Waals surface area contributed by atoms with Crippen molar-refractivity contribution in [1.82, 2.24) is 9.88 Å². The molecule has 1 N–H and O–H groups in total. The van der Waals surface area contributed by atoms with E-state index in [1.165, 1.54) is 12.8 Å². The number of amides is 1. The minimum Gasteiger partial charge on any atom is -0.348 e. The van der Waals surface area contributed by atoms with Gasteiger partial charge in [0, 0.05) is 23.8 Å². The standard InChI is InChI=1S/C17H19ClN2O/c18-14-9-7-13(8-10-14)12-20-11-3-6-16(20)17(21)19-15-4-1-2-5-15/h3,6-11,15H,1-2,4-5,12H2,(H,19,21). The number of carbonyl (C=O) groups excluding carboxylic acids is 1. The summed E-state index contributed by atoms with van der Waals surface area (Å²) in [5.74, 6) is 0.0286. The second-order valence-corrected chi connectivity index (χ2v) is 6.04. The number of hydrogen-bond donors (Lipinski definition) is 1. The maximum atomic E-state index is 12.4. The molecule has 1 aromatic heterocycles. The van der Waals surface area contributed by atoms with E-state index in [9.17, 15) is 4.79 Å². The minimum absolute atomic E-state index is 0.0286. The van der Waals surface area contributed by atoms with Crippen molar-refractivity contribution in [2.75, 3.05) is 0 Å². The van der Waals surface area contributed by atoms with Gasteiger partial charge >= 0.3 is 0 Å². The van der Waals surface area contributed by atoms with Gasteiger partial charge in [0.25, 0.3) is 5.91 Å². The summed E-state index contributed by atoms with van der Waals surface area (Å²) in [4.78, 5) is 12.4. The molecule has 0 bridgehead atoms. The van der Waals surface area contributed by atoms with Crippen LogP contribution in [0.2, 0.25) is 5.02 Å². The van der Waals surface area contributed by atoms with E-state index < -0.39 is 0 Å². The lowest BCUT2D eigenvalue weighted by Crippen LogP contribution is -2.33. The molecule has 1 aliphatic carbocycles. The zero-order valence-corrected chi connectivity index (χ0v) is 12.6. The van der Waals surface area contributed by atoms with Gasteiger partial charge in [-0.15, -0.1) is 0 Å². The van der Waals surface area contributed by atoms with E-state index in [1.54, 1.807) is 0 Å². The SMILES string of the molecule is O=C(NC1CCCC1)c1cccn1Cc1ccc(Cl)cc1. The Bertz CT molecular complexity index is 612. The summed E-state index contributed by atoms with van der Waals surface area (Å²) in [5, 5.41) is 3.86. The van der Waals surface area contributed by atoms with Gasteiger partial charge in [-0.25, -0.2) is 0 Å². The molecular weight excluding hydrogens is 284 g/mol. The quantitative estimate of drug-likeness (QED) is 0.914. The molecule has 1 heterocycles. The lowest BCUT2D eigenvalue weighted by Gasteiger charge is -2.14. The first-order chi connectivity index (χ1) is 10.2. The van der Waals surface area contributed by atoms with Gasteiger partial charge in [-0.3, -0.25) is 4.79 Å².